The Balaban J connectivity index is 1.70. The van der Waals surface area contributed by atoms with Crippen LogP contribution in [-0.2, 0) is 0 Å². The molecule has 0 spiro atoms. The Morgan fingerprint density at radius 3 is 2.70 bits per heavy atom. The van der Waals surface area contributed by atoms with Crippen molar-refractivity contribution in [2.24, 2.45) is 16.8 Å². The molecule has 0 aromatic heterocycles. The van der Waals surface area contributed by atoms with Crippen LogP contribution in [0.25, 0.3) is 0 Å². The molecule has 0 aromatic rings. The number of allylic oxidation sites excluding steroid dienone is 3. The quantitative estimate of drug-likeness (QED) is 0.197. The standard InChI is InChI=1S/C25H44N6O2/c1-5-31(24(26-3)11-6-20(2)25-28-13-14-29-25)17-15-27-22-9-7-21(8-10-22)12-16-30(4)18-23(33)19-32/h6-7,9-11,13-14,20-21,23,25,27-29,32-33H,5,8,12,15-19H2,1-4H3/b11-6-,26-24?. The highest BCUT2D eigenvalue weighted by Gasteiger charge is 2.15. The molecule has 5 N–H and O–H groups in total. The minimum absolute atomic E-state index is 0.185. The summed E-state index contributed by atoms with van der Waals surface area (Å²) in [6, 6.07) is 0. The minimum Gasteiger partial charge on any atom is -0.394 e. The Hall–Kier alpha value is -2.29. The molecule has 33 heavy (non-hydrogen) atoms. The van der Waals surface area contributed by atoms with E-state index < -0.39 is 6.10 Å². The van der Waals surface area contributed by atoms with Crippen LogP contribution >= 0.6 is 0 Å². The van der Waals surface area contributed by atoms with Gasteiger partial charge in [-0.3, -0.25) is 4.99 Å². The molecule has 0 bridgehead atoms. The lowest BCUT2D eigenvalue weighted by molar-refractivity contribution is 0.0656. The maximum Gasteiger partial charge on any atom is 0.122 e. The second-order valence-corrected chi connectivity index (χ2v) is 8.85. The fourth-order valence-corrected chi connectivity index (χ4v) is 4.00. The zero-order chi connectivity index (χ0) is 24.1. The lowest BCUT2D eigenvalue weighted by atomic mass is 9.96. The van der Waals surface area contributed by atoms with Crippen molar-refractivity contribution in [3.05, 3.63) is 48.5 Å². The van der Waals surface area contributed by atoms with Crippen LogP contribution < -0.4 is 16.0 Å². The predicted molar refractivity (Wildman–Crippen MR) is 137 cm³/mol. The zero-order valence-corrected chi connectivity index (χ0v) is 20.7. The summed E-state index contributed by atoms with van der Waals surface area (Å²) in [4.78, 5) is 8.86. The van der Waals surface area contributed by atoms with E-state index in [0.29, 0.717) is 18.4 Å². The number of aliphatic hydroxyl groups excluding tert-OH is 2. The Morgan fingerprint density at radius 1 is 1.33 bits per heavy atom. The molecule has 1 aliphatic carbocycles. The van der Waals surface area contributed by atoms with Crippen molar-refractivity contribution < 1.29 is 10.2 Å². The molecule has 0 saturated heterocycles. The normalized spacial score (nSPS) is 20.6. The second kappa shape index (κ2) is 14.8. The fourth-order valence-electron chi connectivity index (χ4n) is 4.00. The van der Waals surface area contributed by atoms with Gasteiger partial charge in [-0.25, -0.2) is 0 Å². The SMILES string of the molecule is CCN(CCNC1=CCC(CCN(C)CC(O)CO)C=C1)C(/C=C\C(C)C1NC=CN1)=NC. The molecule has 8 nitrogen and oxygen atoms in total. The third-order valence-electron chi connectivity index (χ3n) is 6.16. The van der Waals surface area contributed by atoms with Crippen LogP contribution in [0.5, 0.6) is 0 Å². The van der Waals surface area contributed by atoms with Gasteiger partial charge in [0.15, 0.2) is 0 Å². The molecular weight excluding hydrogens is 416 g/mol. The molecular formula is C25H44N6O2. The van der Waals surface area contributed by atoms with Gasteiger partial charge in [0.1, 0.15) is 12.0 Å². The molecule has 1 heterocycles. The lowest BCUT2D eigenvalue weighted by Gasteiger charge is -2.25. The van der Waals surface area contributed by atoms with Crippen LogP contribution in [0.15, 0.2) is 53.5 Å². The van der Waals surface area contributed by atoms with Crippen molar-refractivity contribution in [1.82, 2.24) is 25.8 Å². The number of hydrogen-bond acceptors (Lipinski definition) is 7. The van der Waals surface area contributed by atoms with Crippen LogP contribution in [0.1, 0.15) is 26.7 Å². The van der Waals surface area contributed by atoms with Gasteiger partial charge in [0.2, 0.25) is 0 Å². The summed E-state index contributed by atoms with van der Waals surface area (Å²) in [5.74, 6) is 1.86. The summed E-state index contributed by atoms with van der Waals surface area (Å²) in [6.07, 6.45) is 16.6. The van der Waals surface area contributed by atoms with Gasteiger partial charge in [0, 0.05) is 57.2 Å². The van der Waals surface area contributed by atoms with Crippen molar-refractivity contribution in [3.63, 3.8) is 0 Å². The van der Waals surface area contributed by atoms with Crippen LogP contribution in [0.2, 0.25) is 0 Å². The first-order valence-corrected chi connectivity index (χ1v) is 12.1. The summed E-state index contributed by atoms with van der Waals surface area (Å²) < 4.78 is 0. The number of amidine groups is 1. The molecule has 186 valence electrons. The topological polar surface area (TPSA) is 95.4 Å². The molecule has 1 aliphatic heterocycles. The van der Waals surface area contributed by atoms with Gasteiger partial charge in [-0.15, -0.1) is 0 Å². The van der Waals surface area contributed by atoms with E-state index in [-0.39, 0.29) is 12.8 Å². The van der Waals surface area contributed by atoms with E-state index in [4.69, 9.17) is 5.11 Å². The number of aliphatic hydroxyl groups is 2. The molecule has 3 unspecified atom stereocenters. The molecule has 0 radical (unpaired) electrons. The largest absolute Gasteiger partial charge is 0.394 e. The third-order valence-corrected chi connectivity index (χ3v) is 6.16. The smallest absolute Gasteiger partial charge is 0.122 e. The first-order valence-electron chi connectivity index (χ1n) is 12.1. The van der Waals surface area contributed by atoms with Gasteiger partial charge in [0.05, 0.1) is 12.7 Å². The highest BCUT2D eigenvalue weighted by molar-refractivity contribution is 5.92. The molecule has 2 aliphatic rings. The molecule has 0 saturated carbocycles. The number of nitrogens with one attached hydrogen (secondary N) is 3. The van der Waals surface area contributed by atoms with Gasteiger partial charge in [0.25, 0.3) is 0 Å². The highest BCUT2D eigenvalue weighted by Crippen LogP contribution is 2.18. The summed E-state index contributed by atoms with van der Waals surface area (Å²) >= 11 is 0. The summed E-state index contributed by atoms with van der Waals surface area (Å²) in [5, 5.41) is 28.6. The minimum atomic E-state index is -0.661. The van der Waals surface area contributed by atoms with E-state index in [1.807, 2.05) is 26.5 Å². The van der Waals surface area contributed by atoms with E-state index in [1.54, 1.807) is 0 Å². The molecule has 2 rings (SSSR count). The van der Waals surface area contributed by atoms with E-state index in [0.717, 1.165) is 44.9 Å². The van der Waals surface area contributed by atoms with Gasteiger partial charge in [-0.1, -0.05) is 25.2 Å². The third kappa shape index (κ3) is 9.61. The van der Waals surface area contributed by atoms with Crippen molar-refractivity contribution in [2.45, 2.75) is 39.0 Å². The van der Waals surface area contributed by atoms with Gasteiger partial charge < -0.3 is 36.0 Å². The Labute approximate surface area is 199 Å². The predicted octanol–water partition coefficient (Wildman–Crippen LogP) is 1.24. The molecule has 0 aromatic carbocycles. The molecule has 8 heteroatoms. The molecule has 0 amide bonds. The van der Waals surface area contributed by atoms with Crippen LogP contribution in [-0.4, -0.2) is 91.5 Å². The maximum atomic E-state index is 9.54. The number of rotatable bonds is 14. The number of nitrogens with zero attached hydrogens (tertiary/aromatic N) is 3. The van der Waals surface area contributed by atoms with Gasteiger partial charge in [-0.05, 0) is 51.4 Å². The zero-order valence-electron chi connectivity index (χ0n) is 20.7. The van der Waals surface area contributed by atoms with Crippen LogP contribution in [0.3, 0.4) is 0 Å². The first kappa shape index (κ1) is 27.0. The van der Waals surface area contributed by atoms with Gasteiger partial charge >= 0.3 is 0 Å². The average Bonchev–Trinajstić information content (AvgIpc) is 3.37. The number of aliphatic imine (C=N–C) groups is 1. The van der Waals surface area contributed by atoms with Crippen molar-refractivity contribution in [1.29, 1.82) is 0 Å². The van der Waals surface area contributed by atoms with E-state index in [1.165, 1.54) is 5.70 Å². The lowest BCUT2D eigenvalue weighted by Crippen LogP contribution is -2.37. The number of likely N-dealkylation sites (N-methyl/N-ethyl adjacent to an activating group) is 2. The Morgan fingerprint density at radius 2 is 2.09 bits per heavy atom. The summed E-state index contributed by atoms with van der Waals surface area (Å²) in [5.41, 5.74) is 1.18. The first-order chi connectivity index (χ1) is 16.0. The maximum absolute atomic E-state index is 9.54. The van der Waals surface area contributed by atoms with Crippen LogP contribution in [0, 0.1) is 11.8 Å². The Bertz CT molecular complexity index is 710. The van der Waals surface area contributed by atoms with E-state index in [9.17, 15) is 5.11 Å². The van der Waals surface area contributed by atoms with E-state index >= 15 is 0 Å². The second-order valence-electron chi connectivity index (χ2n) is 8.85. The van der Waals surface area contributed by atoms with Crippen molar-refractivity contribution in [3.8, 4) is 0 Å². The monoisotopic (exact) mass is 460 g/mol. The summed E-state index contributed by atoms with van der Waals surface area (Å²) in [7, 11) is 3.83. The highest BCUT2D eigenvalue weighted by atomic mass is 16.3. The Kier molecular flexibility index (Phi) is 12.1. The average molecular weight is 461 g/mol. The van der Waals surface area contributed by atoms with Crippen molar-refractivity contribution in [2.75, 3.05) is 53.4 Å². The molecule has 0 fully saturated rings. The number of hydrogen-bond donors (Lipinski definition) is 5. The van der Waals surface area contributed by atoms with Crippen LogP contribution in [0.4, 0.5) is 0 Å². The van der Waals surface area contributed by atoms with Crippen molar-refractivity contribution >= 4 is 5.84 Å². The van der Waals surface area contributed by atoms with E-state index in [2.05, 4.69) is 75.0 Å². The molecule has 3 atom stereocenters. The van der Waals surface area contributed by atoms with Gasteiger partial charge in [-0.2, -0.15) is 0 Å². The fraction of sp³-hybridized carbons (Fsp3) is 0.640. The summed E-state index contributed by atoms with van der Waals surface area (Å²) in [6.45, 7) is 8.22.